The number of aromatic nitrogens is 2. The van der Waals surface area contributed by atoms with E-state index in [1.165, 1.54) is 0 Å². The van der Waals surface area contributed by atoms with Crippen molar-refractivity contribution in [2.45, 2.75) is 27.2 Å². The van der Waals surface area contributed by atoms with Crippen LogP contribution in [0, 0.1) is 12.3 Å². The van der Waals surface area contributed by atoms with Crippen molar-refractivity contribution in [3.8, 4) is 0 Å². The van der Waals surface area contributed by atoms with Gasteiger partial charge in [-0.1, -0.05) is 0 Å². The molecule has 1 amide bonds. The fourth-order valence-electron chi connectivity index (χ4n) is 2.34. The predicted octanol–water partition coefficient (Wildman–Crippen LogP) is 0.919. The molecule has 0 spiro atoms. The number of nitrogens with one attached hydrogen (secondary N) is 1. The van der Waals surface area contributed by atoms with Gasteiger partial charge in [-0.3, -0.25) is 4.79 Å². The monoisotopic (exact) mass is 263 g/mol. The van der Waals surface area contributed by atoms with Gasteiger partial charge in [0.1, 0.15) is 5.82 Å². The molecule has 1 aliphatic rings. The highest BCUT2D eigenvalue weighted by Gasteiger charge is 2.39. The summed E-state index contributed by atoms with van der Waals surface area (Å²) in [6, 6.07) is 0. The van der Waals surface area contributed by atoms with E-state index in [0.29, 0.717) is 12.5 Å². The molecule has 1 aliphatic heterocycles. The van der Waals surface area contributed by atoms with Crippen LogP contribution in [0.15, 0.2) is 6.20 Å². The van der Waals surface area contributed by atoms with E-state index in [-0.39, 0.29) is 5.91 Å². The van der Waals surface area contributed by atoms with E-state index in [9.17, 15) is 4.79 Å². The molecule has 104 valence electrons. The zero-order chi connectivity index (χ0) is 14.0. The minimum atomic E-state index is -0.463. The maximum atomic E-state index is 11.5. The molecular weight excluding hydrogens is 242 g/mol. The molecule has 1 fully saturated rings. The van der Waals surface area contributed by atoms with Crippen molar-refractivity contribution >= 4 is 17.7 Å². The number of rotatable bonds is 4. The highest BCUT2D eigenvalue weighted by molar-refractivity contribution is 5.82. The molecular formula is C13H21N5O. The molecule has 6 heteroatoms. The number of hydrogen-bond donors (Lipinski definition) is 2. The number of aryl methyl sites for hydroxylation is 1. The molecule has 1 saturated heterocycles. The van der Waals surface area contributed by atoms with E-state index in [0.717, 1.165) is 30.9 Å². The zero-order valence-electron chi connectivity index (χ0n) is 11.7. The Labute approximate surface area is 113 Å². The average Bonchev–Trinajstić information content (AvgIpc) is 2.76. The summed E-state index contributed by atoms with van der Waals surface area (Å²) in [5.74, 6) is 1.26. The van der Waals surface area contributed by atoms with Crippen LogP contribution in [-0.2, 0) is 4.79 Å². The number of hydrogen-bond acceptors (Lipinski definition) is 5. The van der Waals surface area contributed by atoms with E-state index in [2.05, 4.69) is 20.2 Å². The predicted molar refractivity (Wildman–Crippen MR) is 75.1 cm³/mol. The summed E-state index contributed by atoms with van der Waals surface area (Å²) < 4.78 is 0. The standard InChI is InChI=1S/C13H21N5O/c1-4-15-12-16-7-9(2)10(17-12)18-6-5-13(3,8-18)11(14)19/h7H,4-6,8H2,1-3H3,(H2,14,19)(H,15,16,17). The maximum Gasteiger partial charge on any atom is 0.225 e. The zero-order valence-corrected chi connectivity index (χ0v) is 11.7. The van der Waals surface area contributed by atoms with Crippen molar-refractivity contribution in [2.75, 3.05) is 29.9 Å². The summed E-state index contributed by atoms with van der Waals surface area (Å²) in [5.41, 5.74) is 6.02. The fraction of sp³-hybridized carbons (Fsp3) is 0.615. The minimum Gasteiger partial charge on any atom is -0.369 e. The van der Waals surface area contributed by atoms with Gasteiger partial charge in [0.05, 0.1) is 5.41 Å². The van der Waals surface area contributed by atoms with Crippen molar-refractivity contribution in [3.63, 3.8) is 0 Å². The highest BCUT2D eigenvalue weighted by Crippen LogP contribution is 2.33. The van der Waals surface area contributed by atoms with E-state index in [1.54, 1.807) is 6.20 Å². The largest absolute Gasteiger partial charge is 0.369 e. The van der Waals surface area contributed by atoms with Crippen molar-refractivity contribution in [2.24, 2.45) is 11.1 Å². The summed E-state index contributed by atoms with van der Waals surface area (Å²) in [7, 11) is 0. The van der Waals surface area contributed by atoms with E-state index >= 15 is 0 Å². The molecule has 3 N–H and O–H groups in total. The molecule has 0 saturated carbocycles. The molecule has 6 nitrogen and oxygen atoms in total. The van der Waals surface area contributed by atoms with Gasteiger partial charge in [0.15, 0.2) is 0 Å². The van der Waals surface area contributed by atoms with Gasteiger partial charge in [-0.05, 0) is 27.2 Å². The molecule has 1 atom stereocenters. The number of nitrogens with two attached hydrogens (primary N) is 1. The Hall–Kier alpha value is -1.85. The maximum absolute atomic E-state index is 11.5. The van der Waals surface area contributed by atoms with Crippen LogP contribution >= 0.6 is 0 Å². The molecule has 0 aliphatic carbocycles. The van der Waals surface area contributed by atoms with Crippen LogP contribution in [0.4, 0.5) is 11.8 Å². The first-order valence-corrected chi connectivity index (χ1v) is 6.58. The first kappa shape index (κ1) is 13.6. The lowest BCUT2D eigenvalue weighted by molar-refractivity contribution is -0.125. The lowest BCUT2D eigenvalue weighted by atomic mass is 9.89. The smallest absolute Gasteiger partial charge is 0.225 e. The van der Waals surface area contributed by atoms with Crippen LogP contribution in [0.3, 0.4) is 0 Å². The topological polar surface area (TPSA) is 84.1 Å². The molecule has 1 unspecified atom stereocenters. The third-order valence-corrected chi connectivity index (χ3v) is 3.65. The van der Waals surface area contributed by atoms with Crippen LogP contribution < -0.4 is 16.0 Å². The Morgan fingerprint density at radius 1 is 1.63 bits per heavy atom. The minimum absolute atomic E-state index is 0.242. The van der Waals surface area contributed by atoms with Crippen molar-refractivity contribution in [3.05, 3.63) is 11.8 Å². The Kier molecular flexibility index (Phi) is 3.59. The van der Waals surface area contributed by atoms with Crippen molar-refractivity contribution in [1.29, 1.82) is 0 Å². The second kappa shape index (κ2) is 5.03. The SMILES string of the molecule is CCNc1ncc(C)c(N2CCC(C)(C(N)=O)C2)n1. The Morgan fingerprint density at radius 2 is 2.37 bits per heavy atom. The first-order valence-electron chi connectivity index (χ1n) is 6.58. The van der Waals surface area contributed by atoms with Crippen molar-refractivity contribution < 1.29 is 4.79 Å². The van der Waals surface area contributed by atoms with Gasteiger partial charge >= 0.3 is 0 Å². The van der Waals surface area contributed by atoms with Gasteiger partial charge in [0.2, 0.25) is 11.9 Å². The molecule has 1 aromatic rings. The van der Waals surface area contributed by atoms with Gasteiger partial charge in [-0.15, -0.1) is 0 Å². The summed E-state index contributed by atoms with van der Waals surface area (Å²) in [4.78, 5) is 22.4. The average molecular weight is 263 g/mol. The van der Waals surface area contributed by atoms with E-state index in [1.807, 2.05) is 20.8 Å². The molecule has 2 rings (SSSR count). The molecule has 0 bridgehead atoms. The number of carbonyl (C=O) groups is 1. The molecule has 1 aromatic heterocycles. The van der Waals surface area contributed by atoms with Gasteiger partial charge in [0.25, 0.3) is 0 Å². The highest BCUT2D eigenvalue weighted by atomic mass is 16.1. The van der Waals surface area contributed by atoms with Crippen LogP contribution in [-0.4, -0.2) is 35.5 Å². The first-order chi connectivity index (χ1) is 8.96. The number of anilines is 2. The summed E-state index contributed by atoms with van der Waals surface area (Å²) >= 11 is 0. The van der Waals surface area contributed by atoms with Crippen LogP contribution in [0.5, 0.6) is 0 Å². The molecule has 0 radical (unpaired) electrons. The number of primary amides is 1. The van der Waals surface area contributed by atoms with E-state index < -0.39 is 5.41 Å². The lowest BCUT2D eigenvalue weighted by Gasteiger charge is -2.23. The Balaban J connectivity index is 2.23. The fourth-order valence-corrected chi connectivity index (χ4v) is 2.34. The second-order valence-electron chi connectivity index (χ2n) is 5.33. The molecule has 2 heterocycles. The van der Waals surface area contributed by atoms with Crippen molar-refractivity contribution in [1.82, 2.24) is 9.97 Å². The van der Waals surface area contributed by atoms with Gasteiger partial charge < -0.3 is 16.0 Å². The van der Waals surface area contributed by atoms with Crippen LogP contribution in [0.25, 0.3) is 0 Å². The quantitative estimate of drug-likeness (QED) is 0.844. The summed E-state index contributed by atoms with van der Waals surface area (Å²) in [6.45, 7) is 8.08. The number of amides is 1. The molecule has 0 aromatic carbocycles. The number of carbonyl (C=O) groups excluding carboxylic acids is 1. The van der Waals surface area contributed by atoms with Gasteiger partial charge in [0, 0.05) is 31.4 Å². The summed E-state index contributed by atoms with van der Waals surface area (Å²) in [6.07, 6.45) is 2.57. The van der Waals surface area contributed by atoms with E-state index in [4.69, 9.17) is 5.73 Å². The summed E-state index contributed by atoms with van der Waals surface area (Å²) in [5, 5.41) is 3.10. The van der Waals surface area contributed by atoms with Crippen LogP contribution in [0.2, 0.25) is 0 Å². The normalized spacial score (nSPS) is 22.6. The Morgan fingerprint density at radius 3 is 2.95 bits per heavy atom. The number of nitrogens with zero attached hydrogens (tertiary/aromatic N) is 3. The third-order valence-electron chi connectivity index (χ3n) is 3.65. The van der Waals surface area contributed by atoms with Crippen LogP contribution in [0.1, 0.15) is 25.8 Å². The van der Waals surface area contributed by atoms with Gasteiger partial charge in [-0.2, -0.15) is 4.98 Å². The molecule has 19 heavy (non-hydrogen) atoms. The Bertz CT molecular complexity index is 490. The second-order valence-corrected chi connectivity index (χ2v) is 5.33. The lowest BCUT2D eigenvalue weighted by Crippen LogP contribution is -2.37. The third kappa shape index (κ3) is 2.62. The van der Waals surface area contributed by atoms with Gasteiger partial charge in [-0.25, -0.2) is 4.98 Å².